The molecule has 1 aromatic heterocycles. The van der Waals surface area contributed by atoms with E-state index in [1.165, 1.54) is 0 Å². The van der Waals surface area contributed by atoms with Crippen molar-refractivity contribution in [2.45, 2.75) is 47.1 Å². The van der Waals surface area contributed by atoms with Gasteiger partial charge in [0.15, 0.2) is 5.78 Å². The standard InChI is InChI=1S/C13H21NO/c1-5-12(15)11-6-8-14(10-11)9-7-13(2,3)4/h6,8,10H,5,7,9H2,1-4H3. The lowest BCUT2D eigenvalue weighted by atomic mass is 9.92. The van der Waals surface area contributed by atoms with Crippen molar-refractivity contribution < 1.29 is 4.79 Å². The molecule has 0 aliphatic carbocycles. The number of Topliss-reactive ketones (excluding diaryl/α,β-unsaturated/α-hetero) is 1. The number of aromatic nitrogens is 1. The van der Waals surface area contributed by atoms with Gasteiger partial charge in [0, 0.05) is 30.9 Å². The summed E-state index contributed by atoms with van der Waals surface area (Å²) >= 11 is 0. The summed E-state index contributed by atoms with van der Waals surface area (Å²) in [5.41, 5.74) is 1.19. The molecule has 2 nitrogen and oxygen atoms in total. The Bertz CT molecular complexity index is 331. The van der Waals surface area contributed by atoms with Crippen LogP contribution in [0.4, 0.5) is 0 Å². The Morgan fingerprint density at radius 3 is 2.60 bits per heavy atom. The molecule has 2 heteroatoms. The zero-order chi connectivity index (χ0) is 11.5. The Kier molecular flexibility index (Phi) is 3.72. The van der Waals surface area contributed by atoms with Crippen LogP contribution in [0.1, 0.15) is 50.9 Å². The van der Waals surface area contributed by atoms with Crippen LogP contribution in [0.5, 0.6) is 0 Å². The molecule has 15 heavy (non-hydrogen) atoms. The SMILES string of the molecule is CCC(=O)c1ccn(CCC(C)(C)C)c1. The number of aryl methyl sites for hydroxylation is 1. The molecule has 0 saturated carbocycles. The minimum Gasteiger partial charge on any atom is -0.353 e. The average molecular weight is 207 g/mol. The molecule has 0 radical (unpaired) electrons. The van der Waals surface area contributed by atoms with Gasteiger partial charge in [0.1, 0.15) is 0 Å². The van der Waals surface area contributed by atoms with E-state index >= 15 is 0 Å². The maximum Gasteiger partial charge on any atom is 0.164 e. The number of hydrogen-bond donors (Lipinski definition) is 0. The molecule has 0 fully saturated rings. The minimum atomic E-state index is 0.226. The molecule has 0 atom stereocenters. The molecule has 1 rings (SSSR count). The van der Waals surface area contributed by atoms with Gasteiger partial charge in [-0.1, -0.05) is 27.7 Å². The van der Waals surface area contributed by atoms with Crippen LogP contribution in [0.15, 0.2) is 18.5 Å². The number of hydrogen-bond acceptors (Lipinski definition) is 1. The lowest BCUT2D eigenvalue weighted by Crippen LogP contribution is -2.09. The zero-order valence-electron chi connectivity index (χ0n) is 10.2. The maximum atomic E-state index is 11.4. The van der Waals surface area contributed by atoms with Crippen LogP contribution < -0.4 is 0 Å². The summed E-state index contributed by atoms with van der Waals surface area (Å²) in [5.74, 6) is 0.226. The predicted octanol–water partition coefficient (Wildman–Crippen LogP) is 3.52. The first-order valence-corrected chi connectivity index (χ1v) is 5.61. The highest BCUT2D eigenvalue weighted by Crippen LogP contribution is 2.19. The van der Waals surface area contributed by atoms with Crippen molar-refractivity contribution in [3.8, 4) is 0 Å². The van der Waals surface area contributed by atoms with Gasteiger partial charge in [0.2, 0.25) is 0 Å². The summed E-state index contributed by atoms with van der Waals surface area (Å²) < 4.78 is 2.11. The predicted molar refractivity (Wildman–Crippen MR) is 63.1 cm³/mol. The van der Waals surface area contributed by atoms with Crippen molar-refractivity contribution in [1.82, 2.24) is 4.57 Å². The van der Waals surface area contributed by atoms with Crippen molar-refractivity contribution in [1.29, 1.82) is 0 Å². The number of nitrogens with zero attached hydrogens (tertiary/aromatic N) is 1. The summed E-state index contributed by atoms with van der Waals surface area (Å²) in [4.78, 5) is 11.4. The first-order chi connectivity index (χ1) is 6.92. The van der Waals surface area contributed by atoms with Crippen LogP contribution in [0.3, 0.4) is 0 Å². The highest BCUT2D eigenvalue weighted by Gasteiger charge is 2.10. The molecule has 0 aliphatic rings. The molecular weight excluding hydrogens is 186 g/mol. The van der Waals surface area contributed by atoms with Gasteiger partial charge < -0.3 is 4.57 Å². The van der Waals surface area contributed by atoms with Crippen molar-refractivity contribution in [2.75, 3.05) is 0 Å². The van der Waals surface area contributed by atoms with Crippen molar-refractivity contribution >= 4 is 5.78 Å². The van der Waals surface area contributed by atoms with Gasteiger partial charge in [-0.25, -0.2) is 0 Å². The highest BCUT2D eigenvalue weighted by atomic mass is 16.1. The van der Waals surface area contributed by atoms with Crippen LogP contribution in [0, 0.1) is 5.41 Å². The van der Waals surface area contributed by atoms with E-state index in [1.54, 1.807) is 0 Å². The summed E-state index contributed by atoms with van der Waals surface area (Å²) in [6.07, 6.45) is 5.66. The van der Waals surface area contributed by atoms with E-state index in [0.29, 0.717) is 11.8 Å². The van der Waals surface area contributed by atoms with Gasteiger partial charge >= 0.3 is 0 Å². The fourth-order valence-corrected chi connectivity index (χ4v) is 1.41. The fraction of sp³-hybridized carbons (Fsp3) is 0.615. The zero-order valence-corrected chi connectivity index (χ0v) is 10.2. The van der Waals surface area contributed by atoms with E-state index in [4.69, 9.17) is 0 Å². The van der Waals surface area contributed by atoms with Crippen LogP contribution in [-0.4, -0.2) is 10.4 Å². The van der Waals surface area contributed by atoms with E-state index < -0.39 is 0 Å². The van der Waals surface area contributed by atoms with E-state index in [-0.39, 0.29) is 5.78 Å². The lowest BCUT2D eigenvalue weighted by molar-refractivity contribution is 0.0988. The van der Waals surface area contributed by atoms with E-state index in [9.17, 15) is 4.79 Å². The molecule has 0 unspecified atom stereocenters. The normalized spacial score (nSPS) is 11.7. The molecule has 0 N–H and O–H groups in total. The summed E-state index contributed by atoms with van der Waals surface area (Å²) in [5, 5.41) is 0. The maximum absolute atomic E-state index is 11.4. The van der Waals surface area contributed by atoms with Crippen LogP contribution in [0.2, 0.25) is 0 Å². The third kappa shape index (κ3) is 3.90. The minimum absolute atomic E-state index is 0.226. The molecule has 0 saturated heterocycles. The van der Waals surface area contributed by atoms with Crippen LogP contribution in [0.25, 0.3) is 0 Å². The Labute approximate surface area is 92.3 Å². The number of carbonyl (C=O) groups is 1. The van der Waals surface area contributed by atoms with Crippen molar-refractivity contribution in [2.24, 2.45) is 5.41 Å². The third-order valence-electron chi connectivity index (χ3n) is 2.51. The van der Waals surface area contributed by atoms with Gasteiger partial charge in [0.05, 0.1) is 0 Å². The molecule has 0 amide bonds. The highest BCUT2D eigenvalue weighted by molar-refractivity contribution is 5.95. The third-order valence-corrected chi connectivity index (χ3v) is 2.51. The summed E-state index contributed by atoms with van der Waals surface area (Å²) in [6.45, 7) is 9.58. The Morgan fingerprint density at radius 2 is 2.07 bits per heavy atom. The molecule has 0 aliphatic heterocycles. The van der Waals surface area contributed by atoms with Crippen LogP contribution in [-0.2, 0) is 6.54 Å². The van der Waals surface area contributed by atoms with Gasteiger partial charge in [-0.3, -0.25) is 4.79 Å². The number of carbonyl (C=O) groups excluding carboxylic acids is 1. The molecule has 1 heterocycles. The second-order valence-corrected chi connectivity index (χ2v) is 5.23. The molecular formula is C13H21NO. The second kappa shape index (κ2) is 4.65. The molecule has 0 spiro atoms. The van der Waals surface area contributed by atoms with E-state index in [2.05, 4.69) is 25.3 Å². The Hall–Kier alpha value is -1.05. The van der Waals surface area contributed by atoms with Crippen molar-refractivity contribution in [3.05, 3.63) is 24.0 Å². The first-order valence-electron chi connectivity index (χ1n) is 5.61. The Morgan fingerprint density at radius 1 is 1.40 bits per heavy atom. The van der Waals surface area contributed by atoms with E-state index in [0.717, 1.165) is 18.5 Å². The largest absolute Gasteiger partial charge is 0.353 e. The number of rotatable bonds is 4. The molecule has 1 aromatic rings. The van der Waals surface area contributed by atoms with Gasteiger partial charge in [0.25, 0.3) is 0 Å². The quantitative estimate of drug-likeness (QED) is 0.692. The topological polar surface area (TPSA) is 22.0 Å². The molecule has 84 valence electrons. The monoisotopic (exact) mass is 207 g/mol. The summed E-state index contributed by atoms with van der Waals surface area (Å²) in [6, 6.07) is 1.91. The van der Waals surface area contributed by atoms with Gasteiger partial charge in [-0.2, -0.15) is 0 Å². The lowest BCUT2D eigenvalue weighted by Gasteiger charge is -2.17. The van der Waals surface area contributed by atoms with Gasteiger partial charge in [-0.05, 0) is 17.9 Å². The van der Waals surface area contributed by atoms with Gasteiger partial charge in [-0.15, -0.1) is 0 Å². The first kappa shape index (κ1) is 12.0. The molecule has 0 bridgehead atoms. The number of ketones is 1. The van der Waals surface area contributed by atoms with Crippen molar-refractivity contribution in [3.63, 3.8) is 0 Å². The second-order valence-electron chi connectivity index (χ2n) is 5.23. The fourth-order valence-electron chi connectivity index (χ4n) is 1.41. The average Bonchev–Trinajstić information content (AvgIpc) is 2.61. The smallest absolute Gasteiger partial charge is 0.164 e. The molecule has 0 aromatic carbocycles. The summed E-state index contributed by atoms with van der Waals surface area (Å²) in [7, 11) is 0. The van der Waals surface area contributed by atoms with Crippen LogP contribution >= 0.6 is 0 Å². The Balaban J connectivity index is 2.57. The van der Waals surface area contributed by atoms with E-state index in [1.807, 2.05) is 25.4 Å².